The van der Waals surface area contributed by atoms with E-state index in [0.29, 0.717) is 31.3 Å². The van der Waals surface area contributed by atoms with Crippen molar-refractivity contribution >= 4 is 45.7 Å². The Morgan fingerprint density at radius 1 is 1.31 bits per heavy atom. The molecule has 3 aromatic rings. The van der Waals surface area contributed by atoms with Crippen LogP contribution in [0.2, 0.25) is 5.15 Å². The molecule has 0 aliphatic carbocycles. The normalized spacial score (nSPS) is 14.8. The Morgan fingerprint density at radius 3 is 2.86 bits per heavy atom. The van der Waals surface area contributed by atoms with Gasteiger partial charge in [0.1, 0.15) is 11.6 Å². The summed E-state index contributed by atoms with van der Waals surface area (Å²) in [6.45, 7) is 4.17. The fraction of sp³-hybridized carbons (Fsp3) is 0.250. The number of carbonyl (C=O) groups is 1. The first-order valence-electron chi connectivity index (χ1n) is 8.94. The molecule has 0 atom stereocenters. The minimum Gasteiger partial charge on any atom is -0.493 e. The average Bonchev–Trinajstić information content (AvgIpc) is 2.67. The van der Waals surface area contributed by atoms with Crippen LogP contribution < -0.4 is 15.4 Å². The van der Waals surface area contributed by atoms with Gasteiger partial charge in [-0.15, -0.1) is 0 Å². The van der Waals surface area contributed by atoms with Crippen molar-refractivity contribution in [1.82, 2.24) is 9.97 Å². The molecule has 1 aromatic carbocycles. The van der Waals surface area contributed by atoms with Gasteiger partial charge < -0.3 is 19.9 Å². The number of benzene rings is 1. The third-order valence-electron chi connectivity index (χ3n) is 4.57. The molecule has 0 saturated carbocycles. The van der Waals surface area contributed by atoms with Crippen molar-refractivity contribution in [3.63, 3.8) is 0 Å². The number of halogens is 1. The van der Waals surface area contributed by atoms with Gasteiger partial charge in [0.25, 0.3) is 0 Å². The van der Waals surface area contributed by atoms with Crippen molar-refractivity contribution in [3.8, 4) is 5.75 Å². The lowest BCUT2D eigenvalue weighted by Gasteiger charge is -2.37. The molecule has 3 heterocycles. The summed E-state index contributed by atoms with van der Waals surface area (Å²) in [6.07, 6.45) is 1.98. The highest BCUT2D eigenvalue weighted by molar-refractivity contribution is 6.32. The molecule has 8 nitrogen and oxygen atoms in total. The molecule has 4 rings (SSSR count). The van der Waals surface area contributed by atoms with Gasteiger partial charge in [0.15, 0.2) is 5.15 Å². The van der Waals surface area contributed by atoms with E-state index in [2.05, 4.69) is 27.5 Å². The summed E-state index contributed by atoms with van der Waals surface area (Å²) in [5, 5.41) is 16.2. The Labute approximate surface area is 171 Å². The van der Waals surface area contributed by atoms with Crippen LogP contribution in [-0.2, 0) is 4.74 Å². The van der Waals surface area contributed by atoms with Gasteiger partial charge in [0.05, 0.1) is 37.4 Å². The van der Waals surface area contributed by atoms with E-state index in [1.165, 1.54) is 6.20 Å². The summed E-state index contributed by atoms with van der Waals surface area (Å²) < 4.78 is 11.2. The minimum atomic E-state index is -1.22. The van der Waals surface area contributed by atoms with E-state index >= 15 is 0 Å². The number of hydrogen-bond donors (Lipinski definition) is 3. The van der Waals surface area contributed by atoms with Gasteiger partial charge in [-0.25, -0.2) is 14.8 Å². The second-order valence-electron chi connectivity index (χ2n) is 7.25. The summed E-state index contributed by atoms with van der Waals surface area (Å²) in [5.41, 5.74) is 0.813. The van der Waals surface area contributed by atoms with Gasteiger partial charge in [-0.3, -0.25) is 5.32 Å². The SMILES string of the molecule is CC1(COc2ccc3c(Nc4cnc(Cl)c(NC(=O)O)c4)nccc3c2)COC1. The van der Waals surface area contributed by atoms with Gasteiger partial charge in [-0.2, -0.15) is 0 Å². The predicted molar refractivity (Wildman–Crippen MR) is 110 cm³/mol. The predicted octanol–water partition coefficient (Wildman–Crippen LogP) is 4.53. The Kier molecular flexibility index (Phi) is 5.12. The zero-order chi connectivity index (χ0) is 20.4. The van der Waals surface area contributed by atoms with E-state index in [-0.39, 0.29) is 16.3 Å². The molecule has 0 radical (unpaired) electrons. The molecule has 0 spiro atoms. The standard InChI is InChI=1S/C20H19ClN4O4/c1-20(9-28-10-20)11-29-14-2-3-15-12(6-14)4-5-22-18(15)24-13-7-16(25-19(26)27)17(21)23-8-13/h2-8,25H,9-11H2,1H3,(H,22,24)(H,26,27). The summed E-state index contributed by atoms with van der Waals surface area (Å²) in [5.74, 6) is 1.39. The highest BCUT2D eigenvalue weighted by Gasteiger charge is 2.34. The first-order valence-corrected chi connectivity index (χ1v) is 9.32. The molecule has 0 bridgehead atoms. The fourth-order valence-electron chi connectivity index (χ4n) is 2.99. The summed E-state index contributed by atoms with van der Waals surface area (Å²) in [4.78, 5) is 19.3. The number of amides is 1. The largest absolute Gasteiger partial charge is 0.493 e. The maximum atomic E-state index is 10.9. The number of ether oxygens (including phenoxy) is 2. The van der Waals surface area contributed by atoms with Crippen LogP contribution in [0.15, 0.2) is 42.7 Å². The number of nitrogens with one attached hydrogen (secondary N) is 2. The van der Waals surface area contributed by atoms with Gasteiger partial charge in [-0.1, -0.05) is 18.5 Å². The summed E-state index contributed by atoms with van der Waals surface area (Å²) in [6, 6.07) is 9.25. The lowest BCUT2D eigenvalue weighted by molar-refractivity contribution is -0.120. The van der Waals surface area contributed by atoms with Crippen LogP contribution in [-0.4, -0.2) is 41.0 Å². The quantitative estimate of drug-likeness (QED) is 0.509. The second kappa shape index (κ2) is 7.73. The molecule has 1 aliphatic rings. The summed E-state index contributed by atoms with van der Waals surface area (Å²) in [7, 11) is 0. The van der Waals surface area contributed by atoms with Crippen molar-refractivity contribution in [1.29, 1.82) is 0 Å². The zero-order valence-corrected chi connectivity index (χ0v) is 16.4. The molecule has 0 unspecified atom stereocenters. The van der Waals surface area contributed by atoms with Crippen molar-refractivity contribution in [3.05, 3.63) is 47.9 Å². The molecule has 1 saturated heterocycles. The monoisotopic (exact) mass is 414 g/mol. The number of anilines is 3. The number of carboxylic acid groups (broad SMARTS) is 1. The van der Waals surface area contributed by atoms with Crippen molar-refractivity contribution in [2.75, 3.05) is 30.5 Å². The first-order chi connectivity index (χ1) is 13.9. The van der Waals surface area contributed by atoms with Crippen molar-refractivity contribution < 1.29 is 19.4 Å². The number of aromatic nitrogens is 2. The molecule has 9 heteroatoms. The van der Waals surface area contributed by atoms with Gasteiger partial charge in [-0.05, 0) is 35.7 Å². The topological polar surface area (TPSA) is 106 Å². The van der Waals surface area contributed by atoms with Gasteiger partial charge in [0, 0.05) is 17.0 Å². The number of pyridine rings is 2. The van der Waals surface area contributed by atoms with E-state index in [1.807, 2.05) is 24.3 Å². The van der Waals surface area contributed by atoms with Crippen LogP contribution in [0.1, 0.15) is 6.92 Å². The van der Waals surface area contributed by atoms with Crippen LogP contribution >= 0.6 is 11.6 Å². The molecule has 1 fully saturated rings. The summed E-state index contributed by atoms with van der Waals surface area (Å²) >= 11 is 5.93. The zero-order valence-electron chi connectivity index (χ0n) is 15.6. The number of fused-ring (bicyclic) bond motifs is 1. The Balaban J connectivity index is 1.55. The smallest absolute Gasteiger partial charge is 0.409 e. The third-order valence-corrected chi connectivity index (χ3v) is 4.87. The molecule has 150 valence electrons. The Hall–Kier alpha value is -3.10. The van der Waals surface area contributed by atoms with Crippen LogP contribution in [0.5, 0.6) is 5.75 Å². The lowest BCUT2D eigenvalue weighted by atomic mass is 9.90. The highest BCUT2D eigenvalue weighted by Crippen LogP contribution is 2.31. The van der Waals surface area contributed by atoms with Crippen molar-refractivity contribution in [2.45, 2.75) is 6.92 Å². The number of rotatable bonds is 6. The number of hydrogen-bond acceptors (Lipinski definition) is 6. The van der Waals surface area contributed by atoms with Crippen LogP contribution in [0.25, 0.3) is 10.8 Å². The van der Waals surface area contributed by atoms with Crippen LogP contribution in [0, 0.1) is 5.41 Å². The Bertz CT molecular complexity index is 1070. The van der Waals surface area contributed by atoms with E-state index in [0.717, 1.165) is 16.5 Å². The van der Waals surface area contributed by atoms with Crippen LogP contribution in [0.4, 0.5) is 22.0 Å². The Morgan fingerprint density at radius 2 is 2.14 bits per heavy atom. The molecule has 29 heavy (non-hydrogen) atoms. The number of nitrogens with zero attached hydrogens (tertiary/aromatic N) is 2. The first kappa shape index (κ1) is 19.2. The van der Waals surface area contributed by atoms with E-state index in [9.17, 15) is 4.79 Å². The van der Waals surface area contributed by atoms with Gasteiger partial charge in [0.2, 0.25) is 0 Å². The fourth-order valence-corrected chi connectivity index (χ4v) is 3.14. The molecular formula is C20H19ClN4O4. The third kappa shape index (κ3) is 4.33. The van der Waals surface area contributed by atoms with Gasteiger partial charge >= 0.3 is 6.09 Å². The molecular weight excluding hydrogens is 396 g/mol. The average molecular weight is 415 g/mol. The second-order valence-corrected chi connectivity index (χ2v) is 7.61. The van der Waals surface area contributed by atoms with E-state index < -0.39 is 6.09 Å². The van der Waals surface area contributed by atoms with E-state index in [1.54, 1.807) is 12.3 Å². The molecule has 1 amide bonds. The molecule has 1 aliphatic heterocycles. The van der Waals surface area contributed by atoms with Crippen molar-refractivity contribution in [2.24, 2.45) is 5.41 Å². The maximum Gasteiger partial charge on any atom is 0.409 e. The minimum absolute atomic E-state index is 0.0659. The lowest BCUT2D eigenvalue weighted by Crippen LogP contribution is -2.44. The van der Waals surface area contributed by atoms with E-state index in [4.69, 9.17) is 26.2 Å². The maximum absolute atomic E-state index is 10.9. The molecule has 3 N–H and O–H groups in total. The van der Waals surface area contributed by atoms with Crippen LogP contribution in [0.3, 0.4) is 0 Å². The highest BCUT2D eigenvalue weighted by atomic mass is 35.5. The molecule has 2 aromatic heterocycles.